The minimum atomic E-state index is -1.32. The van der Waals surface area contributed by atoms with Crippen LogP contribution in [0.2, 0.25) is 0 Å². The second-order valence-corrected chi connectivity index (χ2v) is 7.72. The number of nitrogens with zero attached hydrogens (tertiary/aromatic N) is 1. The van der Waals surface area contributed by atoms with E-state index in [1.165, 1.54) is 11.8 Å². The maximum absolute atomic E-state index is 12.7. The van der Waals surface area contributed by atoms with Gasteiger partial charge in [-0.25, -0.2) is 4.79 Å². The third-order valence-corrected chi connectivity index (χ3v) is 5.17. The van der Waals surface area contributed by atoms with Crippen molar-refractivity contribution >= 4 is 29.6 Å². The van der Waals surface area contributed by atoms with E-state index >= 15 is 0 Å². The Hall–Kier alpha value is -2.73. The number of rotatable bonds is 13. The van der Waals surface area contributed by atoms with Crippen molar-refractivity contribution in [1.29, 1.82) is 0 Å². The lowest BCUT2D eigenvalue weighted by atomic mass is 10.1. The highest BCUT2D eigenvalue weighted by molar-refractivity contribution is 5.94. The molecule has 0 aromatic heterocycles. The van der Waals surface area contributed by atoms with E-state index < -0.39 is 47.9 Å². The number of carboxylic acid groups (broad SMARTS) is 1. The van der Waals surface area contributed by atoms with Gasteiger partial charge in [0.05, 0.1) is 6.04 Å². The molecule has 4 atom stereocenters. The van der Waals surface area contributed by atoms with Crippen LogP contribution in [0.15, 0.2) is 0 Å². The summed E-state index contributed by atoms with van der Waals surface area (Å²) in [5.41, 5.74) is 16.4. The molecule has 0 saturated carbocycles. The Labute approximate surface area is 181 Å². The summed E-state index contributed by atoms with van der Waals surface area (Å²) in [6, 6.07) is -3.81. The third kappa shape index (κ3) is 8.50. The van der Waals surface area contributed by atoms with Gasteiger partial charge in [-0.05, 0) is 45.6 Å². The smallest absolute Gasteiger partial charge is 0.326 e. The molecular formula is C19H34N6O6. The van der Waals surface area contributed by atoms with Crippen molar-refractivity contribution in [3.63, 3.8) is 0 Å². The Bertz CT molecular complexity index is 672. The van der Waals surface area contributed by atoms with Gasteiger partial charge in [-0.2, -0.15) is 0 Å². The van der Waals surface area contributed by atoms with E-state index in [1.54, 1.807) is 0 Å². The van der Waals surface area contributed by atoms with E-state index in [9.17, 15) is 29.1 Å². The highest BCUT2D eigenvalue weighted by Gasteiger charge is 2.37. The number of carboxylic acids is 1. The van der Waals surface area contributed by atoms with E-state index in [2.05, 4.69) is 10.6 Å². The molecule has 1 rings (SSSR count). The van der Waals surface area contributed by atoms with E-state index in [0.29, 0.717) is 38.8 Å². The number of likely N-dealkylation sites (tertiary alicyclic amines) is 1. The highest BCUT2D eigenvalue weighted by atomic mass is 16.4. The molecule has 0 aromatic rings. The molecule has 0 aromatic carbocycles. The largest absolute Gasteiger partial charge is 0.480 e. The molecule has 12 nitrogen and oxygen atoms in total. The molecule has 9 N–H and O–H groups in total. The van der Waals surface area contributed by atoms with Crippen molar-refractivity contribution < 1.29 is 29.1 Å². The molecule has 1 aliphatic heterocycles. The summed E-state index contributed by atoms with van der Waals surface area (Å²) < 4.78 is 0. The number of hydrogen-bond donors (Lipinski definition) is 6. The molecule has 0 radical (unpaired) electrons. The summed E-state index contributed by atoms with van der Waals surface area (Å²) in [5.74, 6) is -3.55. The summed E-state index contributed by atoms with van der Waals surface area (Å²) in [5, 5.41) is 14.0. The molecule has 0 aliphatic carbocycles. The Balaban J connectivity index is 2.64. The van der Waals surface area contributed by atoms with E-state index in [4.69, 9.17) is 17.2 Å². The third-order valence-electron chi connectivity index (χ3n) is 5.17. The topological polar surface area (TPSA) is 211 Å². The molecule has 1 heterocycles. The predicted octanol–water partition coefficient (Wildman–Crippen LogP) is -2.23. The van der Waals surface area contributed by atoms with Gasteiger partial charge in [0.25, 0.3) is 0 Å². The van der Waals surface area contributed by atoms with Gasteiger partial charge >= 0.3 is 5.97 Å². The van der Waals surface area contributed by atoms with Crippen LogP contribution in [0.25, 0.3) is 0 Å². The number of carbonyl (C=O) groups is 5. The van der Waals surface area contributed by atoms with Gasteiger partial charge < -0.3 is 37.8 Å². The molecule has 4 unspecified atom stereocenters. The SMILES string of the molecule is CC(NC(=O)C1CCCN1C(=O)C(N)CCCCN)C(=O)NC(CCC(N)=O)C(=O)O. The van der Waals surface area contributed by atoms with Gasteiger partial charge in [-0.1, -0.05) is 6.42 Å². The predicted molar refractivity (Wildman–Crippen MR) is 111 cm³/mol. The second kappa shape index (κ2) is 12.8. The number of nitrogens with one attached hydrogen (secondary N) is 2. The molecule has 176 valence electrons. The van der Waals surface area contributed by atoms with Gasteiger partial charge in [-0.3, -0.25) is 19.2 Å². The van der Waals surface area contributed by atoms with Crippen LogP contribution in [0.3, 0.4) is 0 Å². The lowest BCUT2D eigenvalue weighted by Crippen LogP contribution is -2.55. The molecule has 1 saturated heterocycles. The zero-order valence-corrected chi connectivity index (χ0v) is 17.8. The van der Waals surface area contributed by atoms with Gasteiger partial charge in [0.15, 0.2) is 0 Å². The van der Waals surface area contributed by atoms with Crippen LogP contribution >= 0.6 is 0 Å². The van der Waals surface area contributed by atoms with Crippen LogP contribution in [0.1, 0.15) is 51.9 Å². The second-order valence-electron chi connectivity index (χ2n) is 7.72. The van der Waals surface area contributed by atoms with Crippen LogP contribution in [0.4, 0.5) is 0 Å². The van der Waals surface area contributed by atoms with Crippen LogP contribution in [0, 0.1) is 0 Å². The van der Waals surface area contributed by atoms with Crippen molar-refractivity contribution in [1.82, 2.24) is 15.5 Å². The van der Waals surface area contributed by atoms with E-state index in [1.807, 2.05) is 0 Å². The quantitative estimate of drug-likeness (QED) is 0.171. The molecule has 1 aliphatic rings. The van der Waals surface area contributed by atoms with Crippen molar-refractivity contribution in [2.75, 3.05) is 13.1 Å². The number of aliphatic carboxylic acids is 1. The normalized spacial score (nSPS) is 18.7. The number of hydrogen-bond acceptors (Lipinski definition) is 7. The van der Waals surface area contributed by atoms with Crippen molar-refractivity contribution in [3.05, 3.63) is 0 Å². The minimum Gasteiger partial charge on any atom is -0.480 e. The van der Waals surface area contributed by atoms with Crippen LogP contribution < -0.4 is 27.8 Å². The summed E-state index contributed by atoms with van der Waals surface area (Å²) in [7, 11) is 0. The highest BCUT2D eigenvalue weighted by Crippen LogP contribution is 2.19. The van der Waals surface area contributed by atoms with Gasteiger partial charge in [0.2, 0.25) is 23.6 Å². The van der Waals surface area contributed by atoms with E-state index in [-0.39, 0.29) is 18.7 Å². The number of nitrogens with two attached hydrogens (primary N) is 3. The molecular weight excluding hydrogens is 408 g/mol. The van der Waals surface area contributed by atoms with Crippen LogP contribution in [-0.4, -0.2) is 76.9 Å². The monoisotopic (exact) mass is 442 g/mol. The lowest BCUT2D eigenvalue weighted by Gasteiger charge is -2.28. The molecule has 0 spiro atoms. The van der Waals surface area contributed by atoms with Crippen molar-refractivity contribution in [3.8, 4) is 0 Å². The summed E-state index contributed by atoms with van der Waals surface area (Å²) in [4.78, 5) is 61.2. The van der Waals surface area contributed by atoms with Gasteiger partial charge in [0.1, 0.15) is 18.1 Å². The first-order valence-corrected chi connectivity index (χ1v) is 10.5. The average Bonchev–Trinajstić information content (AvgIpc) is 3.19. The Kier molecular flexibility index (Phi) is 10.9. The van der Waals surface area contributed by atoms with Gasteiger partial charge in [-0.15, -0.1) is 0 Å². The zero-order valence-electron chi connectivity index (χ0n) is 17.8. The molecule has 31 heavy (non-hydrogen) atoms. The first-order chi connectivity index (χ1) is 14.6. The number of primary amides is 1. The standard InChI is InChI=1S/C19H34N6O6/c1-11(16(27)24-13(19(30)31)7-8-15(22)26)23-17(28)14-6-4-10-25(14)18(29)12(21)5-2-3-9-20/h11-14H,2-10,20-21H2,1H3,(H2,22,26)(H,23,28)(H,24,27)(H,30,31). The Morgan fingerprint density at radius 1 is 1.13 bits per heavy atom. The summed E-state index contributed by atoms with van der Waals surface area (Å²) in [6.45, 7) is 2.32. The number of amides is 4. The fourth-order valence-electron chi connectivity index (χ4n) is 3.36. The van der Waals surface area contributed by atoms with Gasteiger partial charge in [0, 0.05) is 13.0 Å². The lowest BCUT2D eigenvalue weighted by molar-refractivity contribution is -0.143. The Morgan fingerprint density at radius 3 is 2.39 bits per heavy atom. The first kappa shape index (κ1) is 26.3. The van der Waals surface area contributed by atoms with Crippen molar-refractivity contribution in [2.24, 2.45) is 17.2 Å². The molecule has 0 bridgehead atoms. The van der Waals surface area contributed by atoms with Crippen LogP contribution in [-0.2, 0) is 24.0 Å². The molecule has 4 amide bonds. The fourth-order valence-corrected chi connectivity index (χ4v) is 3.36. The Morgan fingerprint density at radius 2 is 1.81 bits per heavy atom. The summed E-state index contributed by atoms with van der Waals surface area (Å²) in [6.07, 6.45) is 2.65. The maximum atomic E-state index is 12.7. The zero-order chi connectivity index (χ0) is 23.6. The summed E-state index contributed by atoms with van der Waals surface area (Å²) >= 11 is 0. The number of unbranched alkanes of at least 4 members (excludes halogenated alkanes) is 1. The maximum Gasteiger partial charge on any atom is 0.326 e. The molecule has 1 fully saturated rings. The van der Waals surface area contributed by atoms with Crippen LogP contribution in [0.5, 0.6) is 0 Å². The first-order valence-electron chi connectivity index (χ1n) is 10.5. The average molecular weight is 443 g/mol. The van der Waals surface area contributed by atoms with E-state index in [0.717, 1.165) is 6.42 Å². The molecule has 12 heteroatoms. The van der Waals surface area contributed by atoms with Crippen molar-refractivity contribution in [2.45, 2.75) is 76.0 Å². The minimum absolute atomic E-state index is 0.163. The number of carbonyl (C=O) groups excluding carboxylic acids is 4. The fraction of sp³-hybridized carbons (Fsp3) is 0.737.